The van der Waals surface area contributed by atoms with E-state index in [-0.39, 0.29) is 29.1 Å². The monoisotopic (exact) mass is 504 g/mol. The minimum atomic E-state index is -2.82. The maximum atomic E-state index is 13.3. The lowest BCUT2D eigenvalue weighted by molar-refractivity contribution is -0.0845. The van der Waals surface area contributed by atoms with Crippen LogP contribution in [0.25, 0.3) is 10.9 Å². The number of ether oxygens (including phenoxy) is 3. The molecule has 1 saturated carbocycles. The lowest BCUT2D eigenvalue weighted by Gasteiger charge is -2.27. The number of aromatic nitrogens is 2. The lowest BCUT2D eigenvalue weighted by Crippen LogP contribution is -2.31. The van der Waals surface area contributed by atoms with Crippen molar-refractivity contribution in [1.29, 1.82) is 0 Å². The van der Waals surface area contributed by atoms with Crippen LogP contribution in [0.15, 0.2) is 30.5 Å². The molecule has 2 N–H and O–H groups in total. The summed E-state index contributed by atoms with van der Waals surface area (Å²) in [5, 5.41) is 25.6. The predicted molar refractivity (Wildman–Crippen MR) is 128 cm³/mol. The van der Waals surface area contributed by atoms with Gasteiger partial charge in [0.05, 0.1) is 32.4 Å². The van der Waals surface area contributed by atoms with Gasteiger partial charge in [-0.2, -0.15) is 5.10 Å². The normalized spacial score (nSPS) is 16.0. The first-order valence-electron chi connectivity index (χ1n) is 11.8. The van der Waals surface area contributed by atoms with Gasteiger partial charge in [-0.3, -0.25) is 4.68 Å². The summed E-state index contributed by atoms with van der Waals surface area (Å²) >= 11 is 0. The molecular formula is C26H30F2N2O6. The molecule has 194 valence electrons. The van der Waals surface area contributed by atoms with E-state index in [1.54, 1.807) is 12.1 Å². The van der Waals surface area contributed by atoms with Crippen molar-refractivity contribution in [3.8, 4) is 11.5 Å². The van der Waals surface area contributed by atoms with Gasteiger partial charge in [0.2, 0.25) is 0 Å². The van der Waals surface area contributed by atoms with E-state index in [0.29, 0.717) is 17.1 Å². The highest BCUT2D eigenvalue weighted by molar-refractivity contribution is 6.02. The summed E-state index contributed by atoms with van der Waals surface area (Å²) in [5.74, 6) is -0.234. The first-order chi connectivity index (χ1) is 17.2. The number of alkyl halides is 2. The van der Waals surface area contributed by atoms with Gasteiger partial charge >= 0.3 is 5.97 Å². The van der Waals surface area contributed by atoms with Crippen molar-refractivity contribution in [2.75, 3.05) is 14.2 Å². The van der Waals surface area contributed by atoms with Gasteiger partial charge < -0.3 is 24.4 Å². The molecule has 4 rings (SSSR count). The number of carboxylic acid groups (broad SMARTS) is 1. The molecule has 1 fully saturated rings. The van der Waals surface area contributed by atoms with E-state index >= 15 is 0 Å². The minimum absolute atomic E-state index is 0.0381. The minimum Gasteiger partial charge on any atom is -0.496 e. The number of carbonyl (C=O) groups is 1. The third-order valence-corrected chi connectivity index (χ3v) is 6.67. The van der Waals surface area contributed by atoms with Crippen molar-refractivity contribution in [2.24, 2.45) is 0 Å². The van der Waals surface area contributed by atoms with Crippen LogP contribution in [0.5, 0.6) is 11.5 Å². The Bertz CT molecular complexity index is 1210. The van der Waals surface area contributed by atoms with Gasteiger partial charge in [0.1, 0.15) is 29.2 Å². The molecule has 0 unspecified atom stereocenters. The van der Waals surface area contributed by atoms with E-state index in [1.165, 1.54) is 31.2 Å². The zero-order valence-corrected chi connectivity index (χ0v) is 20.4. The van der Waals surface area contributed by atoms with Gasteiger partial charge in [-0.1, -0.05) is 12.8 Å². The number of aromatic carboxylic acids is 1. The van der Waals surface area contributed by atoms with Crippen LogP contribution in [-0.2, 0) is 11.3 Å². The highest BCUT2D eigenvalue weighted by Crippen LogP contribution is 2.35. The van der Waals surface area contributed by atoms with Gasteiger partial charge in [-0.05, 0) is 49.6 Å². The molecule has 0 bridgehead atoms. The van der Waals surface area contributed by atoms with Crippen molar-refractivity contribution < 1.29 is 38.0 Å². The van der Waals surface area contributed by atoms with Gasteiger partial charge in [0, 0.05) is 22.7 Å². The third kappa shape index (κ3) is 5.29. The molecule has 3 aromatic rings. The van der Waals surface area contributed by atoms with Crippen LogP contribution >= 0.6 is 0 Å². The summed E-state index contributed by atoms with van der Waals surface area (Å²) in [7, 11) is 3.07. The number of nitrogens with zero attached hydrogens (tertiary/aromatic N) is 2. The Morgan fingerprint density at radius 1 is 1.11 bits per heavy atom. The van der Waals surface area contributed by atoms with Crippen LogP contribution in [0.3, 0.4) is 0 Å². The van der Waals surface area contributed by atoms with E-state index in [1.807, 2.05) is 6.92 Å². The van der Waals surface area contributed by atoms with Crippen molar-refractivity contribution in [1.82, 2.24) is 9.78 Å². The maximum absolute atomic E-state index is 13.3. The van der Waals surface area contributed by atoms with Crippen molar-refractivity contribution in [3.05, 3.63) is 52.7 Å². The molecule has 1 aliphatic rings. The number of aliphatic hydroxyl groups excluding tert-OH is 1. The second kappa shape index (κ2) is 10.8. The highest BCUT2D eigenvalue weighted by Gasteiger charge is 2.29. The number of aliphatic hydroxyl groups is 1. The second-order valence-corrected chi connectivity index (χ2v) is 9.04. The van der Waals surface area contributed by atoms with Crippen LogP contribution in [0, 0.1) is 6.92 Å². The molecule has 1 aromatic heterocycles. The van der Waals surface area contributed by atoms with Crippen LogP contribution in [0.4, 0.5) is 8.78 Å². The number of fused-ring (bicyclic) bond motifs is 1. The molecule has 0 aliphatic heterocycles. The van der Waals surface area contributed by atoms with Crippen molar-refractivity contribution in [2.45, 2.75) is 63.9 Å². The van der Waals surface area contributed by atoms with E-state index in [0.717, 1.165) is 37.3 Å². The molecule has 8 nitrogen and oxygen atoms in total. The molecule has 0 spiro atoms. The Balaban J connectivity index is 1.71. The molecule has 2 atom stereocenters. The quantitative estimate of drug-likeness (QED) is 0.398. The fourth-order valence-corrected chi connectivity index (χ4v) is 4.76. The fraction of sp³-hybridized carbons (Fsp3) is 0.462. The van der Waals surface area contributed by atoms with Crippen molar-refractivity contribution in [3.63, 3.8) is 0 Å². The van der Waals surface area contributed by atoms with Crippen LogP contribution in [0.2, 0.25) is 0 Å². The molecule has 36 heavy (non-hydrogen) atoms. The smallest absolute Gasteiger partial charge is 0.338 e. The highest BCUT2D eigenvalue weighted by atomic mass is 19.3. The van der Waals surface area contributed by atoms with E-state index in [4.69, 9.17) is 14.2 Å². The Labute approximate surface area is 207 Å². The van der Waals surface area contributed by atoms with Gasteiger partial charge in [0.15, 0.2) is 0 Å². The number of hydrogen-bond acceptors (Lipinski definition) is 6. The average molecular weight is 505 g/mol. The summed E-state index contributed by atoms with van der Waals surface area (Å²) in [6.45, 7) is 1.93. The molecule has 1 aliphatic carbocycles. The molecule has 1 heterocycles. The number of hydrogen-bond donors (Lipinski definition) is 2. The predicted octanol–water partition coefficient (Wildman–Crippen LogP) is 5.06. The van der Waals surface area contributed by atoms with Crippen LogP contribution < -0.4 is 9.47 Å². The van der Waals surface area contributed by atoms with Crippen molar-refractivity contribution >= 4 is 16.9 Å². The molecule has 0 radical (unpaired) electrons. The molecular weight excluding hydrogens is 474 g/mol. The summed E-state index contributed by atoms with van der Waals surface area (Å²) < 4.78 is 45.3. The topological polar surface area (TPSA) is 103 Å². The molecule has 0 amide bonds. The second-order valence-electron chi connectivity index (χ2n) is 9.04. The number of benzene rings is 2. The van der Waals surface area contributed by atoms with Crippen LogP contribution in [-0.4, -0.2) is 52.4 Å². The third-order valence-electron chi connectivity index (χ3n) is 6.67. The van der Waals surface area contributed by atoms with Gasteiger partial charge in [-0.25, -0.2) is 13.6 Å². The number of methoxy groups -OCH3 is 2. The fourth-order valence-electron chi connectivity index (χ4n) is 4.76. The Kier molecular flexibility index (Phi) is 7.75. The Morgan fingerprint density at radius 3 is 2.31 bits per heavy atom. The first kappa shape index (κ1) is 25.8. The van der Waals surface area contributed by atoms with Gasteiger partial charge in [0.25, 0.3) is 6.43 Å². The zero-order chi connectivity index (χ0) is 26.0. The van der Waals surface area contributed by atoms with E-state index in [2.05, 4.69) is 5.10 Å². The zero-order valence-electron chi connectivity index (χ0n) is 20.4. The van der Waals surface area contributed by atoms with Gasteiger partial charge in [-0.15, -0.1) is 0 Å². The SMILES string of the molecule is COc1cc([C@@H](O)[C@H](Cn2cc3cc(C(F)F)cc(C(=O)O)c3n2)OC2CCCC2)cc(OC)c1C. The van der Waals surface area contributed by atoms with Crippen LogP contribution in [0.1, 0.15) is 65.3 Å². The first-order valence-corrected chi connectivity index (χ1v) is 11.8. The molecule has 2 aromatic carbocycles. The lowest BCUT2D eigenvalue weighted by atomic mass is 10.0. The standard InChI is InChI=1S/C26H30F2N2O6/c1-14-20(34-2)10-15(11-21(14)35-3)24(31)22(36-18-6-4-5-7-18)13-30-12-17-8-16(25(27)28)9-19(26(32)33)23(17)29-30/h8-12,18,22,24-25,31H,4-7,13H2,1-3H3,(H,32,33)/t22-,24+/m0/s1. The summed E-state index contributed by atoms with van der Waals surface area (Å²) in [4.78, 5) is 11.7. The number of carboxylic acids is 1. The molecule has 10 heteroatoms. The van der Waals surface area contributed by atoms with E-state index in [9.17, 15) is 23.8 Å². The molecule has 0 saturated heterocycles. The summed E-state index contributed by atoms with van der Waals surface area (Å²) in [6, 6.07) is 5.63. The summed E-state index contributed by atoms with van der Waals surface area (Å²) in [6.07, 6.45) is 0.609. The van der Waals surface area contributed by atoms with E-state index < -0.39 is 30.2 Å². The summed E-state index contributed by atoms with van der Waals surface area (Å²) in [5.41, 5.74) is 0.721. The number of halogens is 2. The Morgan fingerprint density at radius 2 is 1.75 bits per heavy atom. The Hall–Kier alpha value is -3.24. The number of rotatable bonds is 10. The largest absolute Gasteiger partial charge is 0.496 e. The maximum Gasteiger partial charge on any atom is 0.338 e. The average Bonchev–Trinajstić information content (AvgIpc) is 3.51.